The van der Waals surface area contributed by atoms with E-state index in [9.17, 15) is 0 Å². The Morgan fingerprint density at radius 3 is 2.94 bits per heavy atom. The third kappa shape index (κ3) is 3.30. The van der Waals surface area contributed by atoms with Crippen LogP contribution < -0.4 is 15.8 Å². The zero-order chi connectivity index (χ0) is 13.0. The van der Waals surface area contributed by atoms with Crippen molar-refractivity contribution >= 4 is 23.2 Å². The monoisotopic (exact) mass is 265 g/mol. The lowest BCUT2D eigenvalue weighted by molar-refractivity contribution is 0.379. The Balaban J connectivity index is 2.02. The quantitative estimate of drug-likeness (QED) is 0.853. The zero-order valence-electron chi connectivity index (χ0n) is 10.3. The average molecular weight is 265 g/mol. The van der Waals surface area contributed by atoms with Crippen LogP contribution in [0.1, 0.15) is 12.5 Å². The summed E-state index contributed by atoms with van der Waals surface area (Å²) >= 11 is 1.69. The van der Waals surface area contributed by atoms with E-state index in [1.54, 1.807) is 11.3 Å². The van der Waals surface area contributed by atoms with Gasteiger partial charge in [0, 0.05) is 6.04 Å². The summed E-state index contributed by atoms with van der Waals surface area (Å²) in [4.78, 5) is 11.9. The van der Waals surface area contributed by atoms with Crippen LogP contribution in [-0.2, 0) is 6.42 Å². The molecule has 1 unspecified atom stereocenters. The van der Waals surface area contributed by atoms with Gasteiger partial charge in [-0.15, -0.1) is 0 Å². The van der Waals surface area contributed by atoms with E-state index in [0.717, 1.165) is 6.42 Å². The highest BCUT2D eigenvalue weighted by atomic mass is 32.1. The van der Waals surface area contributed by atoms with Crippen molar-refractivity contribution in [3.8, 4) is 6.01 Å². The molecular weight excluding hydrogens is 250 g/mol. The van der Waals surface area contributed by atoms with Crippen LogP contribution in [0.2, 0.25) is 0 Å². The maximum absolute atomic E-state index is 5.57. The van der Waals surface area contributed by atoms with Crippen LogP contribution in [0.5, 0.6) is 6.01 Å². The molecule has 0 aliphatic carbocycles. The van der Waals surface area contributed by atoms with Crippen molar-refractivity contribution in [2.75, 3.05) is 18.2 Å². The fourth-order valence-corrected chi connectivity index (χ4v) is 2.24. The first kappa shape index (κ1) is 12.6. The van der Waals surface area contributed by atoms with Gasteiger partial charge in [0.25, 0.3) is 0 Å². The molecule has 7 heteroatoms. The van der Waals surface area contributed by atoms with E-state index in [0.29, 0.717) is 5.95 Å². The summed E-state index contributed by atoms with van der Waals surface area (Å²) < 4.78 is 4.94. The molecule has 0 amide bonds. The molecule has 96 valence electrons. The molecule has 2 rings (SSSR count). The average Bonchev–Trinajstić information content (AvgIpc) is 2.80. The number of nitrogens with one attached hydrogen (secondary N) is 1. The number of thiophene rings is 1. The number of nitrogen functional groups attached to an aromatic ring is 1. The highest BCUT2D eigenvalue weighted by Gasteiger charge is 2.08. The summed E-state index contributed by atoms with van der Waals surface area (Å²) in [6, 6.07) is 2.52. The van der Waals surface area contributed by atoms with Crippen molar-refractivity contribution in [3.63, 3.8) is 0 Å². The number of nitrogens with zero attached hydrogens (tertiary/aromatic N) is 3. The van der Waals surface area contributed by atoms with Crippen molar-refractivity contribution in [1.82, 2.24) is 15.0 Å². The van der Waals surface area contributed by atoms with Crippen molar-refractivity contribution in [3.05, 3.63) is 22.4 Å². The van der Waals surface area contributed by atoms with Crippen molar-refractivity contribution < 1.29 is 4.74 Å². The minimum absolute atomic E-state index is 0.145. The third-order valence-corrected chi connectivity index (χ3v) is 3.04. The molecule has 0 spiro atoms. The summed E-state index contributed by atoms with van der Waals surface area (Å²) in [7, 11) is 1.49. The van der Waals surface area contributed by atoms with E-state index in [-0.39, 0.29) is 18.0 Å². The lowest BCUT2D eigenvalue weighted by Crippen LogP contribution is -2.20. The second-order valence-electron chi connectivity index (χ2n) is 3.89. The second kappa shape index (κ2) is 5.63. The van der Waals surface area contributed by atoms with Gasteiger partial charge in [0.05, 0.1) is 7.11 Å². The van der Waals surface area contributed by atoms with E-state index >= 15 is 0 Å². The molecule has 3 N–H and O–H groups in total. The van der Waals surface area contributed by atoms with E-state index in [4.69, 9.17) is 10.5 Å². The summed E-state index contributed by atoms with van der Waals surface area (Å²) in [5.74, 6) is 0.578. The third-order valence-electron chi connectivity index (χ3n) is 2.31. The Bertz CT molecular complexity index is 502. The lowest BCUT2D eigenvalue weighted by atomic mass is 10.1. The van der Waals surface area contributed by atoms with Gasteiger partial charge in [-0.3, -0.25) is 0 Å². The summed E-state index contributed by atoms with van der Waals surface area (Å²) in [5.41, 5.74) is 6.85. The molecule has 2 heterocycles. The predicted molar refractivity (Wildman–Crippen MR) is 71.9 cm³/mol. The highest BCUT2D eigenvalue weighted by molar-refractivity contribution is 7.07. The van der Waals surface area contributed by atoms with Gasteiger partial charge in [0.15, 0.2) is 0 Å². The van der Waals surface area contributed by atoms with Crippen LogP contribution in [0.25, 0.3) is 0 Å². The first-order valence-electron chi connectivity index (χ1n) is 5.50. The Hall–Kier alpha value is -1.89. The molecule has 0 aliphatic heterocycles. The molecule has 1 atom stereocenters. The van der Waals surface area contributed by atoms with Crippen LogP contribution in [0, 0.1) is 0 Å². The summed E-state index contributed by atoms with van der Waals surface area (Å²) in [6.07, 6.45) is 0.900. The summed E-state index contributed by atoms with van der Waals surface area (Å²) in [6.45, 7) is 2.06. The maximum atomic E-state index is 5.57. The van der Waals surface area contributed by atoms with E-state index in [1.807, 2.05) is 0 Å². The van der Waals surface area contributed by atoms with Crippen LogP contribution in [0.4, 0.5) is 11.9 Å². The largest absolute Gasteiger partial charge is 0.467 e. The molecule has 0 aliphatic rings. The number of ether oxygens (including phenoxy) is 1. The predicted octanol–water partition coefficient (Wildman–Crippen LogP) is 1.57. The lowest BCUT2D eigenvalue weighted by Gasteiger charge is -2.13. The smallest absolute Gasteiger partial charge is 0.322 e. The van der Waals surface area contributed by atoms with Crippen molar-refractivity contribution in [2.24, 2.45) is 0 Å². The Kier molecular flexibility index (Phi) is 3.93. The van der Waals surface area contributed by atoms with Gasteiger partial charge < -0.3 is 15.8 Å². The first-order valence-corrected chi connectivity index (χ1v) is 6.45. The van der Waals surface area contributed by atoms with Gasteiger partial charge in [0.2, 0.25) is 11.9 Å². The normalized spacial score (nSPS) is 12.1. The molecular formula is C11H15N5OS. The van der Waals surface area contributed by atoms with Crippen LogP contribution in [0.3, 0.4) is 0 Å². The van der Waals surface area contributed by atoms with Crippen molar-refractivity contribution in [2.45, 2.75) is 19.4 Å². The van der Waals surface area contributed by atoms with Gasteiger partial charge in [0.1, 0.15) is 0 Å². The molecule has 2 aromatic rings. The standard InChI is InChI=1S/C11H15N5OS/c1-7(5-8-3-4-18-6-8)13-10-14-9(12)15-11(16-10)17-2/h3-4,6-7H,5H2,1-2H3,(H3,12,13,14,15,16). The summed E-state index contributed by atoms with van der Waals surface area (Å²) in [5, 5.41) is 7.37. The topological polar surface area (TPSA) is 86.0 Å². The SMILES string of the molecule is COc1nc(N)nc(NC(C)Cc2ccsc2)n1. The van der Waals surface area contributed by atoms with Crippen LogP contribution in [0.15, 0.2) is 16.8 Å². The maximum Gasteiger partial charge on any atom is 0.322 e. The molecule has 18 heavy (non-hydrogen) atoms. The van der Waals surface area contributed by atoms with Crippen LogP contribution in [-0.4, -0.2) is 28.1 Å². The number of hydrogen-bond acceptors (Lipinski definition) is 7. The van der Waals surface area contributed by atoms with E-state index in [2.05, 4.69) is 44.0 Å². The minimum atomic E-state index is 0.145. The van der Waals surface area contributed by atoms with E-state index in [1.165, 1.54) is 12.7 Å². The van der Waals surface area contributed by atoms with Crippen molar-refractivity contribution in [1.29, 1.82) is 0 Å². The molecule has 6 nitrogen and oxygen atoms in total. The van der Waals surface area contributed by atoms with Gasteiger partial charge in [-0.2, -0.15) is 26.3 Å². The Morgan fingerprint density at radius 2 is 2.28 bits per heavy atom. The van der Waals surface area contributed by atoms with Crippen LogP contribution >= 0.6 is 11.3 Å². The second-order valence-corrected chi connectivity index (χ2v) is 4.67. The fraction of sp³-hybridized carbons (Fsp3) is 0.364. The fourth-order valence-electron chi connectivity index (χ4n) is 1.56. The van der Waals surface area contributed by atoms with Gasteiger partial charge in [-0.05, 0) is 35.7 Å². The molecule has 0 fully saturated rings. The molecule has 0 radical (unpaired) electrons. The first-order chi connectivity index (χ1) is 8.67. The number of hydrogen-bond donors (Lipinski definition) is 2. The van der Waals surface area contributed by atoms with Gasteiger partial charge >= 0.3 is 6.01 Å². The zero-order valence-corrected chi connectivity index (χ0v) is 11.1. The number of methoxy groups -OCH3 is 1. The van der Waals surface area contributed by atoms with E-state index < -0.39 is 0 Å². The molecule has 0 saturated heterocycles. The number of rotatable bonds is 5. The molecule has 2 aromatic heterocycles. The number of nitrogens with two attached hydrogens (primary N) is 1. The Morgan fingerprint density at radius 1 is 1.44 bits per heavy atom. The van der Waals surface area contributed by atoms with Gasteiger partial charge in [-0.25, -0.2) is 0 Å². The highest BCUT2D eigenvalue weighted by Crippen LogP contribution is 2.13. The number of aromatic nitrogens is 3. The van der Waals surface area contributed by atoms with Gasteiger partial charge in [-0.1, -0.05) is 0 Å². The molecule has 0 saturated carbocycles. The number of anilines is 2. The molecule has 0 bridgehead atoms. The minimum Gasteiger partial charge on any atom is -0.467 e. The Labute approximate surface area is 109 Å². The molecule has 0 aromatic carbocycles.